The van der Waals surface area contributed by atoms with Gasteiger partial charge in [-0.25, -0.2) is 0 Å². The fourth-order valence-electron chi connectivity index (χ4n) is 4.28. The fraction of sp³-hybridized carbons (Fsp3) is 0.400. The largest absolute Gasteiger partial charge is 0.497 e. The zero-order valence-corrected chi connectivity index (χ0v) is 18.4. The topological polar surface area (TPSA) is 72.6 Å². The first-order valence-corrected chi connectivity index (χ1v) is 10.8. The number of hydrogen-bond donors (Lipinski definition) is 2. The van der Waals surface area contributed by atoms with Crippen LogP contribution in [-0.4, -0.2) is 44.2 Å². The number of aromatic nitrogens is 1. The maximum absolute atomic E-state index is 13.8. The molecule has 0 radical (unpaired) electrons. The van der Waals surface area contributed by atoms with Crippen molar-refractivity contribution in [1.82, 2.24) is 4.98 Å². The highest BCUT2D eigenvalue weighted by atomic mass is 16.5. The van der Waals surface area contributed by atoms with Crippen molar-refractivity contribution in [1.29, 1.82) is 0 Å². The van der Waals surface area contributed by atoms with E-state index in [4.69, 9.17) is 14.2 Å². The molecule has 1 unspecified atom stereocenters. The first-order chi connectivity index (χ1) is 15.1. The molecule has 3 aromatic rings. The van der Waals surface area contributed by atoms with Crippen molar-refractivity contribution >= 4 is 22.4 Å². The van der Waals surface area contributed by atoms with Gasteiger partial charge in [-0.15, -0.1) is 0 Å². The van der Waals surface area contributed by atoms with Crippen LogP contribution in [0.15, 0.2) is 42.6 Å². The number of carbonyl (C=O) groups is 1. The minimum Gasteiger partial charge on any atom is -0.497 e. The van der Waals surface area contributed by atoms with E-state index in [-0.39, 0.29) is 17.7 Å². The number of methoxy groups -OCH3 is 2. The SMILES string of the molecule is CCc1ccc2[nH]cc(C(=O)C(Nc3cc(OC)cc(OC)c3)C3CCOCC3)c2c1. The Labute approximate surface area is 182 Å². The van der Waals surface area contributed by atoms with Gasteiger partial charge in [0.2, 0.25) is 0 Å². The van der Waals surface area contributed by atoms with Gasteiger partial charge in [0.1, 0.15) is 11.5 Å². The van der Waals surface area contributed by atoms with Crippen molar-refractivity contribution in [2.24, 2.45) is 5.92 Å². The smallest absolute Gasteiger partial charge is 0.187 e. The molecule has 2 heterocycles. The third-order valence-electron chi connectivity index (χ3n) is 6.11. The molecule has 4 rings (SSSR count). The van der Waals surface area contributed by atoms with Gasteiger partial charge in [-0.05, 0) is 42.9 Å². The first-order valence-electron chi connectivity index (χ1n) is 10.8. The molecule has 1 atom stereocenters. The second-order valence-electron chi connectivity index (χ2n) is 7.97. The highest BCUT2D eigenvalue weighted by molar-refractivity contribution is 6.11. The van der Waals surface area contributed by atoms with Crippen LogP contribution in [0, 0.1) is 5.92 Å². The quantitative estimate of drug-likeness (QED) is 0.509. The van der Waals surface area contributed by atoms with Crippen LogP contribution in [0.1, 0.15) is 35.7 Å². The van der Waals surface area contributed by atoms with Crippen LogP contribution in [0.25, 0.3) is 10.9 Å². The highest BCUT2D eigenvalue weighted by Crippen LogP contribution is 2.31. The van der Waals surface area contributed by atoms with Crippen LogP contribution < -0.4 is 14.8 Å². The molecular formula is C25H30N2O4. The van der Waals surface area contributed by atoms with Crippen LogP contribution in [0.4, 0.5) is 5.69 Å². The molecule has 0 aliphatic carbocycles. The summed E-state index contributed by atoms with van der Waals surface area (Å²) in [4.78, 5) is 17.1. The minimum absolute atomic E-state index is 0.0909. The molecule has 2 aromatic carbocycles. The zero-order chi connectivity index (χ0) is 21.8. The molecule has 0 spiro atoms. The number of fused-ring (bicyclic) bond motifs is 1. The second kappa shape index (κ2) is 9.43. The number of rotatable bonds is 8. The van der Waals surface area contributed by atoms with Gasteiger partial charge < -0.3 is 24.5 Å². The van der Waals surface area contributed by atoms with E-state index < -0.39 is 0 Å². The Kier molecular flexibility index (Phi) is 6.47. The summed E-state index contributed by atoms with van der Waals surface area (Å²) in [5.41, 5.74) is 3.72. The van der Waals surface area contributed by atoms with E-state index in [9.17, 15) is 4.79 Å². The number of aromatic amines is 1. The number of ketones is 1. The number of Topliss-reactive ketones (excluding diaryl/α,β-unsaturated/α-hetero) is 1. The standard InChI is InChI=1S/C25H30N2O4/c1-4-16-5-6-23-21(11-16)22(15-26-23)25(28)24(17-7-9-31-10-8-17)27-18-12-19(29-2)14-20(13-18)30-3/h5-6,11-15,17,24,26-27H,4,7-10H2,1-3H3. The summed E-state index contributed by atoms with van der Waals surface area (Å²) in [7, 11) is 3.24. The Hall–Kier alpha value is -2.99. The Morgan fingerprint density at radius 2 is 1.84 bits per heavy atom. The molecule has 31 heavy (non-hydrogen) atoms. The van der Waals surface area contributed by atoms with Gasteiger partial charge >= 0.3 is 0 Å². The lowest BCUT2D eigenvalue weighted by Gasteiger charge is -2.31. The van der Waals surface area contributed by atoms with Crippen molar-refractivity contribution in [2.75, 3.05) is 32.8 Å². The summed E-state index contributed by atoms with van der Waals surface area (Å²) in [6.07, 6.45) is 4.45. The fourth-order valence-corrected chi connectivity index (χ4v) is 4.28. The van der Waals surface area contributed by atoms with Crippen LogP contribution in [-0.2, 0) is 11.2 Å². The predicted molar refractivity (Wildman–Crippen MR) is 123 cm³/mol. The van der Waals surface area contributed by atoms with E-state index in [0.29, 0.717) is 24.7 Å². The molecule has 6 nitrogen and oxygen atoms in total. The predicted octanol–water partition coefficient (Wildman–Crippen LogP) is 4.84. The maximum atomic E-state index is 13.8. The number of ether oxygens (including phenoxy) is 3. The Morgan fingerprint density at radius 3 is 2.48 bits per heavy atom. The minimum atomic E-state index is -0.370. The van der Waals surface area contributed by atoms with E-state index in [1.807, 2.05) is 24.4 Å². The van der Waals surface area contributed by atoms with Crippen LogP contribution in [0.5, 0.6) is 11.5 Å². The Bertz CT molecular complexity index is 1030. The van der Waals surface area contributed by atoms with Crippen molar-refractivity contribution in [3.63, 3.8) is 0 Å². The first kappa shape index (κ1) is 21.2. The van der Waals surface area contributed by atoms with E-state index in [1.165, 1.54) is 5.56 Å². The molecule has 164 valence electrons. The van der Waals surface area contributed by atoms with Gasteiger partial charge in [0, 0.05) is 59.8 Å². The number of benzene rings is 2. The molecule has 1 aliphatic heterocycles. The van der Waals surface area contributed by atoms with Gasteiger partial charge in [-0.1, -0.05) is 13.0 Å². The maximum Gasteiger partial charge on any atom is 0.187 e. The molecule has 1 saturated heterocycles. The summed E-state index contributed by atoms with van der Waals surface area (Å²) in [6, 6.07) is 11.5. The summed E-state index contributed by atoms with van der Waals surface area (Å²) in [5.74, 6) is 1.63. The second-order valence-corrected chi connectivity index (χ2v) is 7.97. The van der Waals surface area contributed by atoms with Crippen LogP contribution >= 0.6 is 0 Å². The molecule has 0 saturated carbocycles. The molecule has 1 aliphatic rings. The lowest BCUT2D eigenvalue weighted by Crippen LogP contribution is -2.40. The van der Waals surface area contributed by atoms with Crippen molar-refractivity contribution < 1.29 is 19.0 Å². The summed E-state index contributed by atoms with van der Waals surface area (Å²) < 4.78 is 16.4. The van der Waals surface area contributed by atoms with Crippen LogP contribution in [0.3, 0.4) is 0 Å². The lowest BCUT2D eigenvalue weighted by molar-refractivity contribution is 0.0566. The third kappa shape index (κ3) is 4.54. The zero-order valence-electron chi connectivity index (χ0n) is 18.4. The molecule has 2 N–H and O–H groups in total. The van der Waals surface area contributed by atoms with Gasteiger partial charge in [0.05, 0.1) is 20.3 Å². The highest BCUT2D eigenvalue weighted by Gasteiger charge is 2.32. The van der Waals surface area contributed by atoms with Crippen LogP contribution in [0.2, 0.25) is 0 Å². The molecule has 1 aromatic heterocycles. The van der Waals surface area contributed by atoms with Crippen molar-refractivity contribution in [3.05, 3.63) is 53.7 Å². The number of anilines is 1. The summed E-state index contributed by atoms with van der Waals surface area (Å²) in [6.45, 7) is 3.47. The molecule has 0 amide bonds. The van der Waals surface area contributed by atoms with Crippen molar-refractivity contribution in [3.8, 4) is 11.5 Å². The lowest BCUT2D eigenvalue weighted by atomic mass is 9.86. The van der Waals surface area contributed by atoms with Crippen molar-refractivity contribution in [2.45, 2.75) is 32.2 Å². The third-order valence-corrected chi connectivity index (χ3v) is 6.11. The Balaban J connectivity index is 1.71. The normalized spacial score (nSPS) is 15.6. The van der Waals surface area contributed by atoms with E-state index in [0.717, 1.165) is 41.4 Å². The van der Waals surface area contributed by atoms with Gasteiger partial charge in [0.25, 0.3) is 0 Å². The number of carbonyl (C=O) groups excluding carboxylic acids is 1. The van der Waals surface area contributed by atoms with E-state index in [1.54, 1.807) is 14.2 Å². The van der Waals surface area contributed by atoms with E-state index in [2.05, 4.69) is 35.4 Å². The average molecular weight is 423 g/mol. The number of H-pyrrole nitrogens is 1. The molecule has 1 fully saturated rings. The number of nitrogens with one attached hydrogen (secondary N) is 2. The Morgan fingerprint density at radius 1 is 1.13 bits per heavy atom. The average Bonchev–Trinajstić information content (AvgIpc) is 3.25. The monoisotopic (exact) mass is 422 g/mol. The number of aryl methyl sites for hydroxylation is 1. The van der Waals surface area contributed by atoms with Gasteiger partial charge in [-0.2, -0.15) is 0 Å². The number of hydrogen-bond acceptors (Lipinski definition) is 5. The summed E-state index contributed by atoms with van der Waals surface area (Å²) >= 11 is 0. The molecule has 0 bridgehead atoms. The van der Waals surface area contributed by atoms with Gasteiger partial charge in [0.15, 0.2) is 5.78 Å². The molecular weight excluding hydrogens is 392 g/mol. The molecule has 6 heteroatoms. The van der Waals surface area contributed by atoms with E-state index >= 15 is 0 Å². The van der Waals surface area contributed by atoms with Gasteiger partial charge in [-0.3, -0.25) is 4.79 Å². The summed E-state index contributed by atoms with van der Waals surface area (Å²) in [5, 5.41) is 4.48.